The van der Waals surface area contributed by atoms with Gasteiger partial charge >= 0.3 is 11.9 Å². The van der Waals surface area contributed by atoms with Gasteiger partial charge in [-0.05, 0) is 41.2 Å². The van der Waals surface area contributed by atoms with Crippen LogP contribution in [-0.2, 0) is 9.47 Å². The zero-order chi connectivity index (χ0) is 21.3. The zero-order valence-electron chi connectivity index (χ0n) is 17.4. The van der Waals surface area contributed by atoms with Crippen LogP contribution in [0.25, 0.3) is 22.3 Å². The molecule has 3 aromatic rings. The van der Waals surface area contributed by atoms with Crippen LogP contribution < -0.4 is 0 Å². The largest absolute Gasteiger partial charge is 0.462 e. The second-order valence-electron chi connectivity index (χ2n) is 6.91. The van der Waals surface area contributed by atoms with Crippen molar-refractivity contribution in [3.63, 3.8) is 0 Å². The highest BCUT2D eigenvalue weighted by molar-refractivity contribution is 6.09. The summed E-state index contributed by atoms with van der Waals surface area (Å²) in [6.45, 7) is 4.45. The normalized spacial score (nSPS) is 10.5. The molecule has 0 radical (unpaired) electrons. The lowest BCUT2D eigenvalue weighted by molar-refractivity contribution is 0.0458. The summed E-state index contributed by atoms with van der Waals surface area (Å²) in [7, 11) is 0. The van der Waals surface area contributed by atoms with E-state index < -0.39 is 11.9 Å². The van der Waals surface area contributed by atoms with Gasteiger partial charge in [-0.25, -0.2) is 9.59 Å². The van der Waals surface area contributed by atoms with Crippen LogP contribution in [0.3, 0.4) is 0 Å². The molecule has 0 N–H and O–H groups in total. The summed E-state index contributed by atoms with van der Waals surface area (Å²) >= 11 is 0. The molecule has 0 bridgehead atoms. The van der Waals surface area contributed by atoms with Crippen molar-refractivity contribution >= 4 is 11.9 Å². The van der Waals surface area contributed by atoms with Crippen molar-refractivity contribution in [1.29, 1.82) is 0 Å². The van der Waals surface area contributed by atoms with E-state index in [4.69, 9.17) is 9.47 Å². The minimum atomic E-state index is -0.515. The van der Waals surface area contributed by atoms with Crippen LogP contribution in [0, 0.1) is 0 Å². The molecule has 0 heterocycles. The van der Waals surface area contributed by atoms with Crippen molar-refractivity contribution in [3.05, 3.63) is 83.9 Å². The van der Waals surface area contributed by atoms with E-state index in [1.165, 1.54) is 0 Å². The molecular formula is C26H26O4. The highest BCUT2D eigenvalue weighted by Gasteiger charge is 2.25. The summed E-state index contributed by atoms with van der Waals surface area (Å²) in [6.07, 6.45) is 1.40. The summed E-state index contributed by atoms with van der Waals surface area (Å²) in [5.74, 6) is -1.03. The Balaban J connectivity index is 2.18. The number of esters is 2. The predicted molar refractivity (Wildman–Crippen MR) is 118 cm³/mol. The molecule has 0 atom stereocenters. The molecule has 0 saturated carbocycles. The SMILES string of the molecule is CCCOC(=O)c1cccc(-c2ccccc2-c2ccccc2)c1C(=O)OCCC. The first-order valence-electron chi connectivity index (χ1n) is 10.3. The van der Waals surface area contributed by atoms with Gasteiger partial charge in [0.2, 0.25) is 0 Å². The van der Waals surface area contributed by atoms with Gasteiger partial charge in [0.1, 0.15) is 0 Å². The molecule has 0 aromatic heterocycles. The number of carbonyl (C=O) groups excluding carboxylic acids is 2. The van der Waals surface area contributed by atoms with Gasteiger partial charge < -0.3 is 9.47 Å². The zero-order valence-corrected chi connectivity index (χ0v) is 17.4. The number of hydrogen-bond donors (Lipinski definition) is 0. The Labute approximate surface area is 177 Å². The number of carbonyl (C=O) groups is 2. The summed E-state index contributed by atoms with van der Waals surface area (Å²) in [5.41, 5.74) is 3.99. The molecule has 0 saturated heterocycles. The first-order chi connectivity index (χ1) is 14.7. The molecule has 154 valence electrons. The van der Waals surface area contributed by atoms with E-state index in [1.807, 2.05) is 74.5 Å². The van der Waals surface area contributed by atoms with E-state index >= 15 is 0 Å². The third-order valence-electron chi connectivity index (χ3n) is 4.67. The number of benzene rings is 3. The van der Waals surface area contributed by atoms with E-state index in [2.05, 4.69) is 0 Å². The lowest BCUT2D eigenvalue weighted by Gasteiger charge is -2.16. The number of ether oxygens (including phenoxy) is 2. The van der Waals surface area contributed by atoms with Crippen molar-refractivity contribution in [2.24, 2.45) is 0 Å². The average Bonchev–Trinajstić information content (AvgIpc) is 2.81. The van der Waals surface area contributed by atoms with Gasteiger partial charge in [0.25, 0.3) is 0 Å². The predicted octanol–water partition coefficient (Wildman–Crippen LogP) is 6.15. The maximum absolute atomic E-state index is 13.0. The van der Waals surface area contributed by atoms with Crippen molar-refractivity contribution in [1.82, 2.24) is 0 Å². The molecule has 0 amide bonds. The Kier molecular flexibility index (Phi) is 7.39. The number of rotatable bonds is 8. The van der Waals surface area contributed by atoms with E-state index in [0.29, 0.717) is 25.0 Å². The quantitative estimate of drug-likeness (QED) is 0.424. The molecule has 4 nitrogen and oxygen atoms in total. The minimum absolute atomic E-state index is 0.227. The monoisotopic (exact) mass is 402 g/mol. The summed E-state index contributed by atoms with van der Waals surface area (Å²) in [5, 5.41) is 0. The average molecular weight is 402 g/mol. The molecule has 3 aromatic carbocycles. The van der Waals surface area contributed by atoms with Gasteiger partial charge in [-0.15, -0.1) is 0 Å². The summed E-state index contributed by atoms with van der Waals surface area (Å²) in [6, 6.07) is 23.0. The van der Waals surface area contributed by atoms with Crippen LogP contribution in [-0.4, -0.2) is 25.2 Å². The molecule has 30 heavy (non-hydrogen) atoms. The molecule has 0 spiro atoms. The van der Waals surface area contributed by atoms with E-state index in [9.17, 15) is 9.59 Å². The van der Waals surface area contributed by atoms with Crippen LogP contribution in [0.2, 0.25) is 0 Å². The van der Waals surface area contributed by atoms with Crippen LogP contribution in [0.4, 0.5) is 0 Å². The standard InChI is InChI=1S/C26H26O4/c1-3-17-29-25(27)23-16-10-15-22(24(23)26(28)30-18-4-2)21-14-9-8-13-20(21)19-11-6-5-7-12-19/h5-16H,3-4,17-18H2,1-2H3. The van der Waals surface area contributed by atoms with Gasteiger partial charge in [0.15, 0.2) is 0 Å². The Hall–Kier alpha value is -3.40. The first-order valence-corrected chi connectivity index (χ1v) is 10.3. The maximum Gasteiger partial charge on any atom is 0.339 e. The second kappa shape index (κ2) is 10.4. The summed E-state index contributed by atoms with van der Waals surface area (Å²) in [4.78, 5) is 25.7. The number of hydrogen-bond acceptors (Lipinski definition) is 4. The van der Waals surface area contributed by atoms with Gasteiger partial charge in [-0.3, -0.25) is 0 Å². The fourth-order valence-corrected chi connectivity index (χ4v) is 3.29. The van der Waals surface area contributed by atoms with Crippen molar-refractivity contribution in [2.45, 2.75) is 26.7 Å². The Morgan fingerprint density at radius 2 is 1.20 bits per heavy atom. The van der Waals surface area contributed by atoms with Gasteiger partial charge in [0, 0.05) is 0 Å². The molecule has 0 aliphatic carbocycles. The van der Waals surface area contributed by atoms with Gasteiger partial charge in [-0.1, -0.05) is 80.6 Å². The maximum atomic E-state index is 13.0. The van der Waals surface area contributed by atoms with Gasteiger partial charge in [0.05, 0.1) is 24.3 Å². The fourth-order valence-electron chi connectivity index (χ4n) is 3.29. The fraction of sp³-hybridized carbons (Fsp3) is 0.231. The van der Waals surface area contributed by atoms with Crippen molar-refractivity contribution in [3.8, 4) is 22.3 Å². The summed E-state index contributed by atoms with van der Waals surface area (Å²) < 4.78 is 10.8. The van der Waals surface area contributed by atoms with E-state index in [1.54, 1.807) is 12.1 Å². The molecule has 0 fully saturated rings. The molecule has 4 heteroatoms. The molecular weight excluding hydrogens is 376 g/mol. The molecule has 0 aliphatic heterocycles. The lowest BCUT2D eigenvalue weighted by Crippen LogP contribution is -2.16. The van der Waals surface area contributed by atoms with Crippen LogP contribution in [0.5, 0.6) is 0 Å². The van der Waals surface area contributed by atoms with E-state index in [-0.39, 0.29) is 17.7 Å². The topological polar surface area (TPSA) is 52.6 Å². The van der Waals surface area contributed by atoms with Crippen molar-refractivity contribution < 1.29 is 19.1 Å². The van der Waals surface area contributed by atoms with Crippen LogP contribution in [0.1, 0.15) is 47.4 Å². The highest BCUT2D eigenvalue weighted by Crippen LogP contribution is 2.35. The minimum Gasteiger partial charge on any atom is -0.462 e. The smallest absolute Gasteiger partial charge is 0.339 e. The second-order valence-corrected chi connectivity index (χ2v) is 6.91. The first kappa shape index (κ1) is 21.3. The molecule has 0 aliphatic rings. The third-order valence-corrected chi connectivity index (χ3v) is 4.67. The highest BCUT2D eigenvalue weighted by atomic mass is 16.5. The van der Waals surface area contributed by atoms with Crippen LogP contribution in [0.15, 0.2) is 72.8 Å². The Morgan fingerprint density at radius 1 is 0.633 bits per heavy atom. The van der Waals surface area contributed by atoms with Crippen LogP contribution >= 0.6 is 0 Å². The Bertz CT molecular complexity index is 1010. The lowest BCUT2D eigenvalue weighted by atomic mass is 9.90. The molecule has 3 rings (SSSR count). The van der Waals surface area contributed by atoms with Crippen molar-refractivity contribution in [2.75, 3.05) is 13.2 Å². The van der Waals surface area contributed by atoms with E-state index in [0.717, 1.165) is 16.7 Å². The molecule has 0 unspecified atom stereocenters. The Morgan fingerprint density at radius 3 is 1.87 bits per heavy atom. The van der Waals surface area contributed by atoms with Gasteiger partial charge in [-0.2, -0.15) is 0 Å². The third kappa shape index (κ3) is 4.77.